The maximum atomic E-state index is 6.41. The van der Waals surface area contributed by atoms with E-state index in [9.17, 15) is 0 Å². The first-order valence-corrected chi connectivity index (χ1v) is 6.34. The summed E-state index contributed by atoms with van der Waals surface area (Å²) in [4.78, 5) is 4.50. The fourth-order valence-corrected chi connectivity index (χ4v) is 2.72. The maximum Gasteiger partial charge on any atom is 0.0422 e. The molecule has 0 aromatic carbocycles. The Balaban J connectivity index is 2.03. The van der Waals surface area contributed by atoms with Gasteiger partial charge in [-0.2, -0.15) is 0 Å². The van der Waals surface area contributed by atoms with Crippen molar-refractivity contribution in [2.45, 2.75) is 51.5 Å². The van der Waals surface area contributed by atoms with Crippen molar-refractivity contribution in [2.75, 3.05) is 0 Å². The molecule has 1 aromatic heterocycles. The minimum atomic E-state index is 0.000147. The molecule has 88 valence electrons. The average Bonchev–Trinajstić information content (AvgIpc) is 2.59. The van der Waals surface area contributed by atoms with Gasteiger partial charge in [0.25, 0.3) is 0 Å². The summed E-state index contributed by atoms with van der Waals surface area (Å²) >= 11 is 0. The number of hydrogen-bond donors (Lipinski definition) is 1. The monoisotopic (exact) mass is 218 g/mol. The smallest absolute Gasteiger partial charge is 0.0422 e. The molecule has 0 aliphatic heterocycles. The number of pyridine rings is 1. The summed E-state index contributed by atoms with van der Waals surface area (Å²) in [5.74, 6) is 0.778. The molecule has 2 atom stereocenters. The zero-order valence-electron chi connectivity index (χ0n) is 10.4. The van der Waals surface area contributed by atoms with E-state index in [2.05, 4.69) is 31.0 Å². The molecule has 2 unspecified atom stereocenters. The molecule has 2 heteroatoms. The first-order valence-electron chi connectivity index (χ1n) is 6.34. The van der Waals surface area contributed by atoms with E-state index in [1.165, 1.54) is 12.0 Å². The fraction of sp³-hybridized carbons (Fsp3) is 0.643. The summed E-state index contributed by atoms with van der Waals surface area (Å²) in [6.07, 6.45) is 7.52. The van der Waals surface area contributed by atoms with E-state index >= 15 is 0 Å². The van der Waals surface area contributed by atoms with Crippen molar-refractivity contribution in [3.8, 4) is 0 Å². The van der Waals surface area contributed by atoms with Crippen molar-refractivity contribution in [1.29, 1.82) is 0 Å². The minimum Gasteiger partial charge on any atom is -0.325 e. The second kappa shape index (κ2) is 4.54. The number of aryl methyl sites for hydroxylation is 1. The maximum absolute atomic E-state index is 6.41. The van der Waals surface area contributed by atoms with Crippen LogP contribution < -0.4 is 5.73 Å². The Bertz CT molecular complexity index is 344. The number of aromatic nitrogens is 1. The lowest BCUT2D eigenvalue weighted by atomic mass is 9.91. The predicted octanol–water partition coefficient (Wildman–Crippen LogP) is 2.70. The van der Waals surface area contributed by atoms with Gasteiger partial charge >= 0.3 is 0 Å². The van der Waals surface area contributed by atoms with Crippen LogP contribution in [0.2, 0.25) is 0 Å². The molecule has 0 spiro atoms. The van der Waals surface area contributed by atoms with Gasteiger partial charge in [0.05, 0.1) is 0 Å². The third-order valence-corrected chi connectivity index (χ3v) is 3.72. The molecular formula is C14H22N2. The lowest BCUT2D eigenvalue weighted by Gasteiger charge is -2.23. The highest BCUT2D eigenvalue weighted by molar-refractivity contribution is 5.16. The molecule has 0 bridgehead atoms. The second-order valence-corrected chi connectivity index (χ2v) is 5.40. The van der Waals surface area contributed by atoms with Crippen LogP contribution in [0.3, 0.4) is 0 Å². The van der Waals surface area contributed by atoms with Gasteiger partial charge in [-0.3, -0.25) is 4.98 Å². The number of hydrogen-bond acceptors (Lipinski definition) is 2. The van der Waals surface area contributed by atoms with Crippen LogP contribution in [0.25, 0.3) is 0 Å². The highest BCUT2D eigenvalue weighted by Gasteiger charge is 2.33. The van der Waals surface area contributed by atoms with Crippen LogP contribution >= 0.6 is 0 Å². The Kier molecular flexibility index (Phi) is 3.29. The van der Waals surface area contributed by atoms with E-state index in [1.807, 2.05) is 6.20 Å². The summed E-state index contributed by atoms with van der Waals surface area (Å²) in [5, 5.41) is 0. The van der Waals surface area contributed by atoms with E-state index in [1.54, 1.807) is 0 Å². The van der Waals surface area contributed by atoms with Gasteiger partial charge < -0.3 is 5.73 Å². The molecule has 2 nitrogen and oxygen atoms in total. The van der Waals surface area contributed by atoms with Crippen molar-refractivity contribution < 1.29 is 0 Å². The van der Waals surface area contributed by atoms with Crippen molar-refractivity contribution >= 4 is 0 Å². The Morgan fingerprint density at radius 2 is 2.31 bits per heavy atom. The summed E-state index contributed by atoms with van der Waals surface area (Å²) in [5.41, 5.74) is 8.86. The van der Waals surface area contributed by atoms with Crippen LogP contribution in [0, 0.1) is 5.92 Å². The fourth-order valence-electron chi connectivity index (χ4n) is 2.72. The van der Waals surface area contributed by atoms with Crippen molar-refractivity contribution in [3.63, 3.8) is 0 Å². The number of rotatable bonds is 3. The Labute approximate surface area is 98.3 Å². The molecule has 1 aliphatic carbocycles. The normalized spacial score (nSPS) is 29.6. The molecule has 0 amide bonds. The zero-order chi connectivity index (χ0) is 11.6. The van der Waals surface area contributed by atoms with Gasteiger partial charge in [0.15, 0.2) is 0 Å². The molecular weight excluding hydrogens is 196 g/mol. The highest BCUT2D eigenvalue weighted by atomic mass is 14.8. The van der Waals surface area contributed by atoms with E-state index in [4.69, 9.17) is 5.73 Å². The van der Waals surface area contributed by atoms with E-state index in [0.29, 0.717) is 0 Å². The van der Waals surface area contributed by atoms with Gasteiger partial charge in [0.2, 0.25) is 0 Å². The van der Waals surface area contributed by atoms with Gasteiger partial charge in [-0.1, -0.05) is 19.9 Å². The van der Waals surface area contributed by atoms with Crippen LogP contribution in [0.4, 0.5) is 0 Å². The van der Waals surface area contributed by atoms with Crippen LogP contribution in [-0.2, 0) is 12.8 Å². The first kappa shape index (κ1) is 11.6. The molecule has 0 radical (unpaired) electrons. The molecule has 0 saturated heterocycles. The molecule has 1 aromatic rings. The molecule has 1 saturated carbocycles. The van der Waals surface area contributed by atoms with E-state index in [0.717, 1.165) is 37.3 Å². The summed E-state index contributed by atoms with van der Waals surface area (Å²) < 4.78 is 0. The SMILES string of the molecule is CCc1ccc(CC2(N)CCC(C)C2)nc1. The lowest BCUT2D eigenvalue weighted by molar-refractivity contribution is 0.415. The van der Waals surface area contributed by atoms with E-state index in [-0.39, 0.29) is 5.54 Å². The molecule has 2 rings (SSSR count). The van der Waals surface area contributed by atoms with Crippen LogP contribution in [0.15, 0.2) is 18.3 Å². The average molecular weight is 218 g/mol. The third-order valence-electron chi connectivity index (χ3n) is 3.72. The Hall–Kier alpha value is -0.890. The zero-order valence-corrected chi connectivity index (χ0v) is 10.4. The topological polar surface area (TPSA) is 38.9 Å². The van der Waals surface area contributed by atoms with Crippen LogP contribution in [0.1, 0.15) is 44.4 Å². The van der Waals surface area contributed by atoms with Gasteiger partial charge in [0, 0.05) is 23.9 Å². The lowest BCUT2D eigenvalue weighted by Crippen LogP contribution is -2.39. The van der Waals surface area contributed by atoms with Gasteiger partial charge in [-0.25, -0.2) is 0 Å². The van der Waals surface area contributed by atoms with Gasteiger partial charge in [0.1, 0.15) is 0 Å². The first-order chi connectivity index (χ1) is 7.61. The highest BCUT2D eigenvalue weighted by Crippen LogP contribution is 2.34. The molecule has 1 heterocycles. The Morgan fingerprint density at radius 1 is 1.50 bits per heavy atom. The molecule has 1 fully saturated rings. The Morgan fingerprint density at radius 3 is 2.81 bits per heavy atom. The predicted molar refractivity (Wildman–Crippen MR) is 67.3 cm³/mol. The van der Waals surface area contributed by atoms with Crippen LogP contribution in [-0.4, -0.2) is 10.5 Å². The summed E-state index contributed by atoms with van der Waals surface area (Å²) in [7, 11) is 0. The van der Waals surface area contributed by atoms with E-state index < -0.39 is 0 Å². The molecule has 16 heavy (non-hydrogen) atoms. The molecule has 2 N–H and O–H groups in total. The quantitative estimate of drug-likeness (QED) is 0.847. The third kappa shape index (κ3) is 2.62. The number of nitrogens with two attached hydrogens (primary N) is 1. The largest absolute Gasteiger partial charge is 0.325 e. The molecule has 1 aliphatic rings. The van der Waals surface area contributed by atoms with Gasteiger partial charge in [-0.05, 0) is 43.2 Å². The summed E-state index contributed by atoms with van der Waals surface area (Å²) in [6, 6.07) is 4.31. The second-order valence-electron chi connectivity index (χ2n) is 5.40. The van der Waals surface area contributed by atoms with Crippen LogP contribution in [0.5, 0.6) is 0 Å². The van der Waals surface area contributed by atoms with Gasteiger partial charge in [-0.15, -0.1) is 0 Å². The van der Waals surface area contributed by atoms with Crippen molar-refractivity contribution in [1.82, 2.24) is 4.98 Å². The summed E-state index contributed by atoms with van der Waals surface area (Å²) in [6.45, 7) is 4.45. The number of nitrogens with zero attached hydrogens (tertiary/aromatic N) is 1. The van der Waals surface area contributed by atoms with Crippen molar-refractivity contribution in [3.05, 3.63) is 29.6 Å². The van der Waals surface area contributed by atoms with Crippen molar-refractivity contribution in [2.24, 2.45) is 11.7 Å². The standard InChI is InChI=1S/C14H22N2/c1-3-12-4-5-13(16-10-12)9-14(15)7-6-11(2)8-14/h4-5,10-11H,3,6-9,15H2,1-2H3. The minimum absolute atomic E-state index is 0.000147.